The van der Waals surface area contributed by atoms with E-state index in [0.29, 0.717) is 11.1 Å². The fourth-order valence-electron chi connectivity index (χ4n) is 3.93. The number of ether oxygens (including phenoxy) is 1. The van der Waals surface area contributed by atoms with Gasteiger partial charge in [0.05, 0.1) is 0 Å². The van der Waals surface area contributed by atoms with Gasteiger partial charge in [-0.2, -0.15) is 0 Å². The van der Waals surface area contributed by atoms with Crippen LogP contribution in [-0.2, 0) is 20.7 Å². The molecule has 0 fully saturated rings. The van der Waals surface area contributed by atoms with E-state index in [4.69, 9.17) is 4.74 Å². The van der Waals surface area contributed by atoms with Gasteiger partial charge in [0.25, 0.3) is 0 Å². The minimum Gasteiger partial charge on any atom is -0.508 e. The molecule has 0 saturated heterocycles. The largest absolute Gasteiger partial charge is 0.508 e. The molecule has 0 radical (unpaired) electrons. The molecular formula is C29H41N3O5. The smallest absolute Gasteiger partial charge is 0.408 e. The third kappa shape index (κ3) is 9.12. The first-order chi connectivity index (χ1) is 17.1. The number of aryl methyl sites for hydroxylation is 1. The molecule has 0 saturated carbocycles. The first-order valence-corrected chi connectivity index (χ1v) is 12.6. The molecule has 2 atom stereocenters. The summed E-state index contributed by atoms with van der Waals surface area (Å²) in [6.07, 6.45) is -0.494. The number of hydrogen-bond donors (Lipinski definition) is 3. The van der Waals surface area contributed by atoms with Crippen LogP contribution in [0.1, 0.15) is 71.2 Å². The number of benzene rings is 2. The van der Waals surface area contributed by atoms with Gasteiger partial charge < -0.3 is 25.4 Å². The monoisotopic (exact) mass is 511 g/mol. The summed E-state index contributed by atoms with van der Waals surface area (Å²) in [6, 6.07) is 12.3. The Morgan fingerprint density at radius 2 is 1.62 bits per heavy atom. The summed E-state index contributed by atoms with van der Waals surface area (Å²) in [5.74, 6) is -0.679. The van der Waals surface area contributed by atoms with Crippen molar-refractivity contribution in [1.29, 1.82) is 0 Å². The number of nitrogens with one attached hydrogen (secondary N) is 2. The highest BCUT2D eigenvalue weighted by Crippen LogP contribution is 2.28. The Balaban J connectivity index is 2.51. The SMILES string of the molecule is CCN(C(=O)C(Cc1ccccc1)NC(=O)OC(C)(C)C)C(C(=O)NC(C)(C)C)c1ccc(O)c(C)c1. The first-order valence-electron chi connectivity index (χ1n) is 12.6. The van der Waals surface area contributed by atoms with Gasteiger partial charge >= 0.3 is 6.09 Å². The summed E-state index contributed by atoms with van der Waals surface area (Å²) in [5.41, 5.74) is 0.713. The average molecular weight is 512 g/mol. The van der Waals surface area contributed by atoms with Gasteiger partial charge in [0.1, 0.15) is 23.4 Å². The summed E-state index contributed by atoms with van der Waals surface area (Å²) in [5, 5.41) is 15.8. The molecule has 0 aliphatic rings. The summed E-state index contributed by atoms with van der Waals surface area (Å²) >= 11 is 0. The summed E-state index contributed by atoms with van der Waals surface area (Å²) < 4.78 is 5.43. The zero-order valence-electron chi connectivity index (χ0n) is 23.2. The number of carbonyl (C=O) groups is 3. The lowest BCUT2D eigenvalue weighted by Gasteiger charge is -2.35. The Kier molecular flexibility index (Phi) is 9.73. The van der Waals surface area contributed by atoms with E-state index in [-0.39, 0.29) is 24.6 Å². The molecule has 202 valence electrons. The van der Waals surface area contributed by atoms with Gasteiger partial charge in [-0.1, -0.05) is 36.4 Å². The molecule has 2 rings (SSSR count). The topological polar surface area (TPSA) is 108 Å². The molecule has 0 heterocycles. The van der Waals surface area contributed by atoms with Gasteiger partial charge in [-0.05, 0) is 84.2 Å². The van der Waals surface area contributed by atoms with Crippen LogP contribution in [0.5, 0.6) is 5.75 Å². The van der Waals surface area contributed by atoms with Crippen molar-refractivity contribution in [2.24, 2.45) is 0 Å². The molecule has 8 nitrogen and oxygen atoms in total. The van der Waals surface area contributed by atoms with E-state index in [1.165, 1.54) is 11.0 Å². The van der Waals surface area contributed by atoms with Crippen molar-refractivity contribution in [3.05, 3.63) is 65.2 Å². The molecule has 0 aliphatic heterocycles. The second-order valence-corrected chi connectivity index (χ2v) is 11.2. The Morgan fingerprint density at radius 3 is 2.14 bits per heavy atom. The van der Waals surface area contributed by atoms with Crippen molar-refractivity contribution in [2.45, 2.75) is 85.0 Å². The van der Waals surface area contributed by atoms with Gasteiger partial charge in [0, 0.05) is 18.5 Å². The van der Waals surface area contributed by atoms with Crippen molar-refractivity contribution in [2.75, 3.05) is 6.54 Å². The number of aromatic hydroxyl groups is 1. The Labute approximate surface area is 220 Å². The fourth-order valence-corrected chi connectivity index (χ4v) is 3.93. The van der Waals surface area contributed by atoms with Crippen LogP contribution in [0.3, 0.4) is 0 Å². The maximum atomic E-state index is 14.0. The fraction of sp³-hybridized carbons (Fsp3) is 0.483. The van der Waals surface area contributed by atoms with Crippen molar-refractivity contribution in [3.8, 4) is 5.75 Å². The number of rotatable bonds is 8. The van der Waals surface area contributed by atoms with E-state index >= 15 is 0 Å². The number of hydrogen-bond acceptors (Lipinski definition) is 5. The highest BCUT2D eigenvalue weighted by molar-refractivity contribution is 5.92. The van der Waals surface area contributed by atoms with E-state index in [1.54, 1.807) is 46.8 Å². The maximum absolute atomic E-state index is 14.0. The quantitative estimate of drug-likeness (QED) is 0.479. The standard InChI is InChI=1S/C29H41N3O5/c1-9-32(24(25(34)31-28(3,4)5)21-15-16-23(33)19(2)17-21)26(35)22(18-20-13-11-10-12-14-20)30-27(36)37-29(6,7)8/h10-17,22,24,33H,9,18H2,1-8H3,(H,30,36)(H,31,34). The van der Waals surface area contributed by atoms with Crippen molar-refractivity contribution < 1.29 is 24.2 Å². The Bertz CT molecular complexity index is 1090. The number of alkyl carbamates (subject to hydrolysis) is 1. The van der Waals surface area contributed by atoms with E-state index in [1.807, 2.05) is 51.1 Å². The third-order valence-corrected chi connectivity index (χ3v) is 5.49. The normalized spacial score (nSPS) is 13.3. The summed E-state index contributed by atoms with van der Waals surface area (Å²) in [7, 11) is 0. The van der Waals surface area contributed by atoms with E-state index in [9.17, 15) is 19.5 Å². The first kappa shape index (κ1) is 29.7. The second-order valence-electron chi connectivity index (χ2n) is 11.2. The highest BCUT2D eigenvalue weighted by atomic mass is 16.6. The maximum Gasteiger partial charge on any atom is 0.408 e. The molecule has 0 spiro atoms. The zero-order valence-corrected chi connectivity index (χ0v) is 23.2. The number of nitrogens with zero attached hydrogens (tertiary/aromatic N) is 1. The molecule has 3 amide bonds. The van der Waals surface area contributed by atoms with Crippen LogP contribution in [0.2, 0.25) is 0 Å². The van der Waals surface area contributed by atoms with Gasteiger partial charge in [-0.15, -0.1) is 0 Å². The minimum atomic E-state index is -0.977. The van der Waals surface area contributed by atoms with Crippen LogP contribution < -0.4 is 10.6 Å². The molecule has 0 aromatic heterocycles. The van der Waals surface area contributed by atoms with Crippen molar-refractivity contribution in [1.82, 2.24) is 15.5 Å². The molecule has 37 heavy (non-hydrogen) atoms. The van der Waals surface area contributed by atoms with E-state index in [0.717, 1.165) is 5.56 Å². The summed E-state index contributed by atoms with van der Waals surface area (Å²) in [4.78, 5) is 41.8. The van der Waals surface area contributed by atoms with E-state index in [2.05, 4.69) is 10.6 Å². The number of amides is 3. The van der Waals surface area contributed by atoms with Crippen molar-refractivity contribution >= 4 is 17.9 Å². The zero-order chi connectivity index (χ0) is 28.0. The molecule has 0 bridgehead atoms. The number of phenolic OH excluding ortho intramolecular Hbond substituents is 1. The van der Waals surface area contributed by atoms with Crippen LogP contribution >= 0.6 is 0 Å². The lowest BCUT2D eigenvalue weighted by Crippen LogP contribution is -2.55. The van der Waals surface area contributed by atoms with Crippen LogP contribution in [-0.4, -0.2) is 51.6 Å². The molecule has 8 heteroatoms. The number of phenols is 1. The van der Waals surface area contributed by atoms with Crippen LogP contribution in [0.15, 0.2) is 48.5 Å². The Morgan fingerprint density at radius 1 is 1.00 bits per heavy atom. The van der Waals surface area contributed by atoms with Gasteiger partial charge in [-0.3, -0.25) is 9.59 Å². The Hall–Kier alpha value is -3.55. The van der Waals surface area contributed by atoms with Gasteiger partial charge in [0.15, 0.2) is 0 Å². The molecule has 2 unspecified atom stereocenters. The molecule has 0 aliphatic carbocycles. The molecule has 2 aromatic carbocycles. The second kappa shape index (κ2) is 12.1. The minimum absolute atomic E-state index is 0.0988. The lowest BCUT2D eigenvalue weighted by atomic mass is 9.98. The summed E-state index contributed by atoms with van der Waals surface area (Å²) in [6.45, 7) is 14.6. The van der Waals surface area contributed by atoms with Crippen LogP contribution in [0.4, 0.5) is 4.79 Å². The molecule has 2 aromatic rings. The lowest BCUT2D eigenvalue weighted by molar-refractivity contribution is -0.142. The highest BCUT2D eigenvalue weighted by Gasteiger charge is 2.36. The number of likely N-dealkylation sites (N-methyl/N-ethyl adjacent to an activating group) is 1. The third-order valence-electron chi connectivity index (χ3n) is 5.49. The van der Waals surface area contributed by atoms with E-state index < -0.39 is 35.2 Å². The van der Waals surface area contributed by atoms with Crippen LogP contribution in [0.25, 0.3) is 0 Å². The average Bonchev–Trinajstić information content (AvgIpc) is 2.76. The van der Waals surface area contributed by atoms with Gasteiger partial charge in [-0.25, -0.2) is 4.79 Å². The van der Waals surface area contributed by atoms with Crippen LogP contribution in [0, 0.1) is 6.92 Å². The van der Waals surface area contributed by atoms with Gasteiger partial charge in [0.2, 0.25) is 11.8 Å². The van der Waals surface area contributed by atoms with Crippen molar-refractivity contribution in [3.63, 3.8) is 0 Å². The number of carbonyl (C=O) groups excluding carboxylic acids is 3. The molecule has 3 N–H and O–H groups in total. The predicted octanol–water partition coefficient (Wildman–Crippen LogP) is 4.64. The molecular weight excluding hydrogens is 470 g/mol. The predicted molar refractivity (Wildman–Crippen MR) is 144 cm³/mol.